The van der Waals surface area contributed by atoms with E-state index in [1.807, 2.05) is 12.1 Å². The number of hydrogen-bond acceptors (Lipinski definition) is 3. The highest BCUT2D eigenvalue weighted by Gasteiger charge is 2.02. The summed E-state index contributed by atoms with van der Waals surface area (Å²) >= 11 is 0. The highest BCUT2D eigenvalue weighted by Crippen LogP contribution is 2.05. The predicted molar refractivity (Wildman–Crippen MR) is 77.8 cm³/mol. The van der Waals surface area contributed by atoms with Crippen molar-refractivity contribution in [2.24, 2.45) is 5.92 Å². The van der Waals surface area contributed by atoms with Crippen molar-refractivity contribution in [2.45, 2.75) is 26.7 Å². The molecule has 1 rings (SSSR count). The van der Waals surface area contributed by atoms with E-state index in [9.17, 15) is 4.79 Å². The molecule has 4 heteroatoms. The number of carbonyl (C=O) groups excluding carboxylic acids is 1. The second-order valence-corrected chi connectivity index (χ2v) is 5.06. The molecule has 0 aliphatic rings. The minimum absolute atomic E-state index is 0.0113. The van der Waals surface area contributed by atoms with E-state index >= 15 is 0 Å². The molecule has 0 bridgehead atoms. The van der Waals surface area contributed by atoms with Gasteiger partial charge in [0, 0.05) is 18.8 Å². The summed E-state index contributed by atoms with van der Waals surface area (Å²) in [6, 6.07) is 7.34. The van der Waals surface area contributed by atoms with Crippen LogP contribution in [0.5, 0.6) is 0 Å². The maximum Gasteiger partial charge on any atom is 0.224 e. The van der Waals surface area contributed by atoms with Gasteiger partial charge in [0.15, 0.2) is 0 Å². The van der Waals surface area contributed by atoms with Gasteiger partial charge in [0.25, 0.3) is 0 Å². The number of anilines is 1. The van der Waals surface area contributed by atoms with Crippen LogP contribution in [0, 0.1) is 5.92 Å². The molecule has 0 saturated carbocycles. The maximum absolute atomic E-state index is 11.6. The van der Waals surface area contributed by atoms with Crippen molar-refractivity contribution in [2.75, 3.05) is 25.5 Å². The normalized spacial score (nSPS) is 10.7. The van der Waals surface area contributed by atoms with Gasteiger partial charge >= 0.3 is 0 Å². The number of hydrogen-bond donors (Lipinski definition) is 2. The largest absolute Gasteiger partial charge is 0.399 e. The van der Waals surface area contributed by atoms with Gasteiger partial charge in [-0.2, -0.15) is 0 Å². The Balaban J connectivity index is 2.09. The number of nitrogens with one attached hydrogen (secondary N) is 1. The van der Waals surface area contributed by atoms with E-state index < -0.39 is 0 Å². The monoisotopic (exact) mass is 264 g/mol. The Hall–Kier alpha value is -1.55. The molecule has 0 aromatic heterocycles. The third-order valence-electron chi connectivity index (χ3n) is 2.75. The molecule has 1 aromatic rings. The summed E-state index contributed by atoms with van der Waals surface area (Å²) < 4.78 is 5.43. The molecule has 0 saturated heterocycles. The molecule has 1 amide bonds. The van der Waals surface area contributed by atoms with Crippen LogP contribution in [0.15, 0.2) is 24.3 Å². The van der Waals surface area contributed by atoms with Crippen LogP contribution < -0.4 is 11.1 Å². The summed E-state index contributed by atoms with van der Waals surface area (Å²) in [7, 11) is 0. The Bertz CT molecular complexity index is 374. The number of nitrogen functional groups attached to an aromatic ring is 1. The molecule has 0 aliphatic carbocycles. The van der Waals surface area contributed by atoms with Crippen molar-refractivity contribution < 1.29 is 9.53 Å². The van der Waals surface area contributed by atoms with E-state index in [1.165, 1.54) is 0 Å². The van der Waals surface area contributed by atoms with Crippen molar-refractivity contribution in [1.29, 1.82) is 0 Å². The van der Waals surface area contributed by atoms with E-state index in [0.717, 1.165) is 18.6 Å². The highest BCUT2D eigenvalue weighted by atomic mass is 16.5. The Labute approximate surface area is 115 Å². The quantitative estimate of drug-likeness (QED) is 0.557. The van der Waals surface area contributed by atoms with Crippen LogP contribution in [0.4, 0.5) is 5.69 Å². The van der Waals surface area contributed by atoms with Gasteiger partial charge in [-0.25, -0.2) is 0 Å². The van der Waals surface area contributed by atoms with Crippen molar-refractivity contribution in [3.05, 3.63) is 29.8 Å². The molecule has 3 N–H and O–H groups in total. The lowest BCUT2D eigenvalue weighted by Crippen LogP contribution is -2.28. The summed E-state index contributed by atoms with van der Waals surface area (Å²) in [6.07, 6.45) is 1.44. The highest BCUT2D eigenvalue weighted by molar-refractivity contribution is 5.78. The first-order chi connectivity index (χ1) is 9.08. The molecule has 0 unspecified atom stereocenters. The summed E-state index contributed by atoms with van der Waals surface area (Å²) in [6.45, 7) is 6.22. The van der Waals surface area contributed by atoms with Crippen LogP contribution in [-0.4, -0.2) is 25.7 Å². The Morgan fingerprint density at radius 3 is 2.58 bits per heavy atom. The molecule has 106 valence electrons. The fourth-order valence-corrected chi connectivity index (χ4v) is 1.57. The third kappa shape index (κ3) is 7.47. The van der Waals surface area contributed by atoms with Crippen LogP contribution in [0.3, 0.4) is 0 Å². The van der Waals surface area contributed by atoms with Crippen LogP contribution in [0.2, 0.25) is 0 Å². The van der Waals surface area contributed by atoms with E-state index in [2.05, 4.69) is 19.2 Å². The first kappa shape index (κ1) is 15.5. The van der Waals surface area contributed by atoms with Gasteiger partial charge in [-0.1, -0.05) is 26.0 Å². The minimum Gasteiger partial charge on any atom is -0.399 e. The molecule has 0 spiro atoms. The van der Waals surface area contributed by atoms with Crippen LogP contribution in [0.25, 0.3) is 0 Å². The smallest absolute Gasteiger partial charge is 0.224 e. The summed E-state index contributed by atoms with van der Waals surface area (Å²) in [5, 5.41) is 2.84. The summed E-state index contributed by atoms with van der Waals surface area (Å²) in [4.78, 5) is 11.6. The molecule has 0 heterocycles. The SMILES string of the molecule is CC(C)CCOCCNC(=O)Cc1ccc(N)cc1. The zero-order valence-corrected chi connectivity index (χ0v) is 11.8. The second-order valence-electron chi connectivity index (χ2n) is 5.06. The lowest BCUT2D eigenvalue weighted by Gasteiger charge is -2.08. The fraction of sp³-hybridized carbons (Fsp3) is 0.533. The first-order valence-electron chi connectivity index (χ1n) is 6.77. The molecule has 0 radical (unpaired) electrons. The number of ether oxygens (including phenoxy) is 1. The number of benzene rings is 1. The maximum atomic E-state index is 11.6. The van der Waals surface area contributed by atoms with Gasteiger partial charge in [0.1, 0.15) is 0 Å². The van der Waals surface area contributed by atoms with Crippen molar-refractivity contribution in [3.63, 3.8) is 0 Å². The molecule has 0 aliphatic heterocycles. The van der Waals surface area contributed by atoms with Crippen molar-refractivity contribution in [1.82, 2.24) is 5.32 Å². The average molecular weight is 264 g/mol. The van der Waals surface area contributed by atoms with Gasteiger partial charge in [-0.15, -0.1) is 0 Å². The molecule has 19 heavy (non-hydrogen) atoms. The third-order valence-corrected chi connectivity index (χ3v) is 2.75. The van der Waals surface area contributed by atoms with Crippen LogP contribution in [0.1, 0.15) is 25.8 Å². The number of nitrogens with two attached hydrogens (primary N) is 1. The van der Waals surface area contributed by atoms with Crippen molar-refractivity contribution in [3.8, 4) is 0 Å². The molecular weight excluding hydrogens is 240 g/mol. The van der Waals surface area contributed by atoms with Crippen LogP contribution >= 0.6 is 0 Å². The predicted octanol–water partition coefficient (Wildman–Crippen LogP) is 1.99. The van der Waals surface area contributed by atoms with Gasteiger partial charge in [0.05, 0.1) is 13.0 Å². The number of carbonyl (C=O) groups is 1. The van der Waals surface area contributed by atoms with E-state index in [4.69, 9.17) is 10.5 Å². The second kappa shape index (κ2) is 8.53. The zero-order valence-electron chi connectivity index (χ0n) is 11.8. The molecule has 0 atom stereocenters. The fourth-order valence-electron chi connectivity index (χ4n) is 1.57. The summed E-state index contributed by atoms with van der Waals surface area (Å²) in [5.41, 5.74) is 7.26. The van der Waals surface area contributed by atoms with E-state index in [-0.39, 0.29) is 5.91 Å². The number of rotatable bonds is 8. The number of amides is 1. The minimum atomic E-state index is 0.0113. The first-order valence-corrected chi connectivity index (χ1v) is 6.77. The van der Waals surface area contributed by atoms with Gasteiger partial charge in [-0.3, -0.25) is 4.79 Å². The lowest BCUT2D eigenvalue weighted by molar-refractivity contribution is -0.120. The Kier molecular flexibility index (Phi) is 6.97. The zero-order chi connectivity index (χ0) is 14.1. The van der Waals surface area contributed by atoms with Gasteiger partial charge < -0.3 is 15.8 Å². The standard InChI is InChI=1S/C15H24N2O2/c1-12(2)7-9-19-10-8-17-15(18)11-13-3-5-14(16)6-4-13/h3-6,12H,7-11,16H2,1-2H3,(H,17,18). The van der Waals surface area contributed by atoms with Crippen molar-refractivity contribution >= 4 is 11.6 Å². The Morgan fingerprint density at radius 1 is 1.26 bits per heavy atom. The Morgan fingerprint density at radius 2 is 1.95 bits per heavy atom. The molecular formula is C15H24N2O2. The lowest BCUT2D eigenvalue weighted by atomic mass is 10.1. The van der Waals surface area contributed by atoms with E-state index in [1.54, 1.807) is 12.1 Å². The van der Waals surface area contributed by atoms with Gasteiger partial charge in [-0.05, 0) is 30.0 Å². The summed E-state index contributed by atoms with van der Waals surface area (Å²) in [5.74, 6) is 0.664. The molecule has 0 fully saturated rings. The van der Waals surface area contributed by atoms with Crippen LogP contribution in [-0.2, 0) is 16.0 Å². The van der Waals surface area contributed by atoms with E-state index in [0.29, 0.717) is 31.2 Å². The topological polar surface area (TPSA) is 64.3 Å². The van der Waals surface area contributed by atoms with Gasteiger partial charge in [0.2, 0.25) is 5.91 Å². The molecule has 4 nitrogen and oxygen atoms in total. The average Bonchev–Trinajstić information content (AvgIpc) is 2.36. The molecule has 1 aromatic carbocycles.